The molecule has 8 heteroatoms. The summed E-state index contributed by atoms with van der Waals surface area (Å²) in [6.07, 6.45) is 2.27. The molecule has 2 aliphatic rings. The Labute approximate surface area is 154 Å². The van der Waals surface area contributed by atoms with E-state index in [9.17, 15) is 14.0 Å². The molecule has 2 saturated heterocycles. The maximum absolute atomic E-state index is 14.0. The summed E-state index contributed by atoms with van der Waals surface area (Å²) in [5.41, 5.74) is 0.304. The van der Waals surface area contributed by atoms with Crippen LogP contribution in [0, 0.1) is 11.2 Å². The molecule has 0 bridgehead atoms. The van der Waals surface area contributed by atoms with Gasteiger partial charge in [0.25, 0.3) is 5.91 Å². The first-order valence-corrected chi connectivity index (χ1v) is 9.52. The second-order valence-electron chi connectivity index (χ2n) is 6.97. The zero-order valence-electron chi connectivity index (χ0n) is 14.2. The molecule has 0 aliphatic carbocycles. The van der Waals surface area contributed by atoms with Gasteiger partial charge in [-0.15, -0.1) is 5.10 Å². The maximum Gasteiger partial charge on any atom is 0.275 e. The number of carbonyl (C=O) groups excluding carboxylic acids is 2. The lowest BCUT2D eigenvalue weighted by atomic mass is 9.78. The summed E-state index contributed by atoms with van der Waals surface area (Å²) in [4.78, 5) is 29.1. The van der Waals surface area contributed by atoms with Crippen LogP contribution in [0.2, 0.25) is 0 Å². The molecule has 0 saturated carbocycles. The summed E-state index contributed by atoms with van der Waals surface area (Å²) in [5.74, 6) is -0.437. The number of benzene rings is 1. The summed E-state index contributed by atoms with van der Waals surface area (Å²) in [6, 6.07) is 6.55. The third-order valence-electron chi connectivity index (χ3n) is 5.36. The maximum atomic E-state index is 14.0. The molecule has 4 rings (SSSR count). The minimum absolute atomic E-state index is 0.0266. The van der Waals surface area contributed by atoms with Gasteiger partial charge in [0.2, 0.25) is 5.91 Å². The first-order chi connectivity index (χ1) is 12.6. The Morgan fingerprint density at radius 3 is 2.88 bits per heavy atom. The predicted molar refractivity (Wildman–Crippen MR) is 93.9 cm³/mol. The van der Waals surface area contributed by atoms with E-state index in [2.05, 4.69) is 9.59 Å². The van der Waals surface area contributed by atoms with E-state index in [4.69, 9.17) is 0 Å². The molecule has 2 amide bonds. The van der Waals surface area contributed by atoms with E-state index in [1.807, 2.05) is 0 Å². The summed E-state index contributed by atoms with van der Waals surface area (Å²) in [7, 11) is 0. The van der Waals surface area contributed by atoms with Gasteiger partial charge in [0.1, 0.15) is 5.82 Å². The Bertz CT molecular complexity index is 828. The highest BCUT2D eigenvalue weighted by atomic mass is 32.1. The van der Waals surface area contributed by atoms with Crippen molar-refractivity contribution in [2.24, 2.45) is 5.41 Å². The minimum Gasteiger partial charge on any atom is -0.338 e. The topological polar surface area (TPSA) is 66.4 Å². The number of nitrogens with zero attached hydrogens (tertiary/aromatic N) is 4. The van der Waals surface area contributed by atoms with Crippen LogP contribution in [0.5, 0.6) is 0 Å². The molecule has 2 aromatic rings. The van der Waals surface area contributed by atoms with Crippen molar-refractivity contribution in [3.8, 4) is 0 Å². The second-order valence-corrected chi connectivity index (χ2v) is 7.58. The van der Waals surface area contributed by atoms with Crippen LogP contribution in [0.25, 0.3) is 0 Å². The van der Waals surface area contributed by atoms with E-state index < -0.39 is 5.41 Å². The van der Waals surface area contributed by atoms with Gasteiger partial charge < -0.3 is 9.80 Å². The number of aromatic nitrogens is 2. The van der Waals surface area contributed by atoms with Crippen LogP contribution >= 0.6 is 11.5 Å². The number of rotatable bonds is 3. The fourth-order valence-electron chi connectivity index (χ4n) is 3.98. The Morgan fingerprint density at radius 2 is 2.12 bits per heavy atom. The van der Waals surface area contributed by atoms with E-state index in [-0.39, 0.29) is 24.2 Å². The standard InChI is InChI=1S/C18H19FN4O2S/c19-14-5-2-1-4-13(14)10-22-8-3-6-18(17(22)25)7-9-23(12-18)16(24)15-11-26-21-20-15/h1-2,4-5,11H,3,6-10,12H2. The first kappa shape index (κ1) is 17.1. The van der Waals surface area contributed by atoms with Crippen molar-refractivity contribution < 1.29 is 14.0 Å². The Balaban J connectivity index is 1.49. The van der Waals surface area contributed by atoms with Crippen molar-refractivity contribution >= 4 is 23.3 Å². The normalized spacial score (nSPS) is 23.0. The van der Waals surface area contributed by atoms with Crippen LogP contribution in [-0.2, 0) is 11.3 Å². The zero-order chi connectivity index (χ0) is 18.1. The quantitative estimate of drug-likeness (QED) is 0.827. The fourth-order valence-corrected chi connectivity index (χ4v) is 4.41. The third-order valence-corrected chi connectivity index (χ3v) is 5.87. The summed E-state index contributed by atoms with van der Waals surface area (Å²) in [6.45, 7) is 1.84. The molecule has 0 radical (unpaired) electrons. The van der Waals surface area contributed by atoms with Gasteiger partial charge in [-0.2, -0.15) is 0 Å². The lowest BCUT2D eigenvalue weighted by Gasteiger charge is -2.39. The SMILES string of the molecule is O=C(c1csnn1)N1CCC2(CCCN(Cc3ccccc3F)C2=O)C1. The van der Waals surface area contributed by atoms with E-state index in [1.165, 1.54) is 6.07 Å². The Kier molecular flexibility index (Phi) is 4.44. The highest BCUT2D eigenvalue weighted by Crippen LogP contribution is 2.41. The first-order valence-electron chi connectivity index (χ1n) is 8.68. The van der Waals surface area contributed by atoms with Crippen LogP contribution in [-0.4, -0.2) is 50.8 Å². The van der Waals surface area contributed by atoms with Gasteiger partial charge in [0.15, 0.2) is 5.69 Å². The van der Waals surface area contributed by atoms with Gasteiger partial charge >= 0.3 is 0 Å². The van der Waals surface area contributed by atoms with Gasteiger partial charge in [0.05, 0.1) is 5.41 Å². The second kappa shape index (κ2) is 6.75. The fraction of sp³-hybridized carbons (Fsp3) is 0.444. The molecule has 1 spiro atoms. The number of carbonyl (C=O) groups is 2. The van der Waals surface area contributed by atoms with E-state index >= 15 is 0 Å². The molecular formula is C18H19FN4O2S. The third kappa shape index (κ3) is 2.98. The molecule has 26 heavy (non-hydrogen) atoms. The predicted octanol–water partition coefficient (Wildman–Crippen LogP) is 2.33. The summed E-state index contributed by atoms with van der Waals surface area (Å²) in [5, 5.41) is 5.46. The van der Waals surface area contributed by atoms with E-state index in [0.29, 0.717) is 37.3 Å². The number of halogens is 1. The van der Waals surface area contributed by atoms with Gasteiger partial charge in [-0.1, -0.05) is 22.7 Å². The van der Waals surface area contributed by atoms with Crippen LogP contribution in [0.15, 0.2) is 29.6 Å². The van der Waals surface area contributed by atoms with Crippen molar-refractivity contribution in [1.29, 1.82) is 0 Å². The molecule has 3 heterocycles. The van der Waals surface area contributed by atoms with Crippen LogP contribution in [0.1, 0.15) is 35.3 Å². The van der Waals surface area contributed by atoms with Crippen LogP contribution in [0.3, 0.4) is 0 Å². The van der Waals surface area contributed by atoms with E-state index in [1.54, 1.807) is 33.4 Å². The van der Waals surface area contributed by atoms with Gasteiger partial charge in [-0.25, -0.2) is 4.39 Å². The number of hydrogen-bond donors (Lipinski definition) is 0. The summed E-state index contributed by atoms with van der Waals surface area (Å²) >= 11 is 1.14. The molecule has 0 N–H and O–H groups in total. The largest absolute Gasteiger partial charge is 0.338 e. The number of amides is 2. The van der Waals surface area contributed by atoms with Crippen molar-refractivity contribution in [1.82, 2.24) is 19.4 Å². The molecule has 6 nitrogen and oxygen atoms in total. The van der Waals surface area contributed by atoms with E-state index in [0.717, 1.165) is 24.4 Å². The molecular weight excluding hydrogens is 355 g/mol. The molecule has 1 aromatic heterocycles. The van der Waals surface area contributed by atoms with Crippen molar-refractivity contribution in [2.45, 2.75) is 25.8 Å². The van der Waals surface area contributed by atoms with Gasteiger partial charge in [-0.3, -0.25) is 9.59 Å². The molecule has 2 aliphatic heterocycles. The smallest absolute Gasteiger partial charge is 0.275 e. The molecule has 136 valence electrons. The van der Waals surface area contributed by atoms with Crippen molar-refractivity contribution in [2.75, 3.05) is 19.6 Å². The molecule has 1 unspecified atom stereocenters. The summed E-state index contributed by atoms with van der Waals surface area (Å²) < 4.78 is 17.7. The lowest BCUT2D eigenvalue weighted by Crippen LogP contribution is -2.50. The Morgan fingerprint density at radius 1 is 1.27 bits per heavy atom. The average molecular weight is 374 g/mol. The van der Waals surface area contributed by atoms with Crippen molar-refractivity contribution in [3.05, 3.63) is 46.7 Å². The number of piperidine rings is 1. The minimum atomic E-state index is -0.553. The average Bonchev–Trinajstić information content (AvgIpc) is 3.31. The monoisotopic (exact) mass is 374 g/mol. The molecule has 1 aromatic carbocycles. The highest BCUT2D eigenvalue weighted by Gasteiger charge is 2.49. The lowest BCUT2D eigenvalue weighted by molar-refractivity contribution is -0.146. The van der Waals surface area contributed by atoms with Crippen molar-refractivity contribution in [3.63, 3.8) is 0 Å². The van der Waals surface area contributed by atoms with Crippen LogP contribution < -0.4 is 0 Å². The Hall–Kier alpha value is -2.35. The molecule has 2 fully saturated rings. The van der Waals surface area contributed by atoms with Gasteiger partial charge in [0, 0.05) is 37.1 Å². The van der Waals surface area contributed by atoms with Crippen LogP contribution in [0.4, 0.5) is 4.39 Å². The molecule has 1 atom stereocenters. The number of hydrogen-bond acceptors (Lipinski definition) is 5. The number of likely N-dealkylation sites (tertiary alicyclic amines) is 2. The zero-order valence-corrected chi connectivity index (χ0v) is 15.0. The van der Waals surface area contributed by atoms with Gasteiger partial charge in [-0.05, 0) is 36.9 Å². The highest BCUT2D eigenvalue weighted by molar-refractivity contribution is 7.03.